The number of rotatable bonds is 10. The van der Waals surface area contributed by atoms with Gasteiger partial charge in [-0.3, -0.25) is 14.7 Å². The van der Waals surface area contributed by atoms with Crippen LogP contribution < -0.4 is 10.6 Å². The van der Waals surface area contributed by atoms with Gasteiger partial charge >= 0.3 is 0 Å². The molecule has 2 N–H and O–H groups in total. The highest BCUT2D eigenvalue weighted by atomic mass is 16.5. The number of guanidine groups is 1. The van der Waals surface area contributed by atoms with Crippen LogP contribution in [0.15, 0.2) is 4.99 Å². The molecule has 1 amide bonds. The SMILES string of the molecule is CCNC(=NCC(CC(C)C)N1CCOCC1)NCCCN1CCCC1=O. The van der Waals surface area contributed by atoms with E-state index in [0.29, 0.717) is 17.9 Å². The molecule has 2 aliphatic heterocycles. The van der Waals surface area contributed by atoms with Crippen molar-refractivity contribution >= 4 is 11.9 Å². The summed E-state index contributed by atoms with van der Waals surface area (Å²) in [6.45, 7) is 14.6. The lowest BCUT2D eigenvalue weighted by Crippen LogP contribution is -2.46. The molecule has 0 saturated carbocycles. The molecule has 0 spiro atoms. The number of hydrogen-bond donors (Lipinski definition) is 2. The van der Waals surface area contributed by atoms with E-state index in [9.17, 15) is 4.79 Å². The van der Waals surface area contributed by atoms with Crippen LogP contribution in [0.25, 0.3) is 0 Å². The highest BCUT2D eigenvalue weighted by molar-refractivity contribution is 5.79. The van der Waals surface area contributed by atoms with Crippen LogP contribution in [0.1, 0.15) is 46.5 Å². The van der Waals surface area contributed by atoms with Gasteiger partial charge in [-0.15, -0.1) is 0 Å². The molecule has 7 nitrogen and oxygen atoms in total. The Balaban J connectivity index is 1.80. The second kappa shape index (κ2) is 12.2. The van der Waals surface area contributed by atoms with Gasteiger partial charge in [0, 0.05) is 51.7 Å². The summed E-state index contributed by atoms with van der Waals surface area (Å²) < 4.78 is 5.50. The fraction of sp³-hybridized carbons (Fsp3) is 0.900. The molecule has 7 heteroatoms. The molecular weight excluding hydrogens is 342 g/mol. The van der Waals surface area contributed by atoms with Gasteiger partial charge in [0.25, 0.3) is 0 Å². The number of hydrogen-bond acceptors (Lipinski definition) is 4. The number of likely N-dealkylation sites (tertiary alicyclic amines) is 1. The molecule has 2 heterocycles. The normalized spacial score (nSPS) is 20.4. The first-order chi connectivity index (χ1) is 13.1. The van der Waals surface area contributed by atoms with E-state index in [2.05, 4.69) is 36.3 Å². The van der Waals surface area contributed by atoms with Crippen LogP contribution in [0.5, 0.6) is 0 Å². The van der Waals surface area contributed by atoms with E-state index in [1.165, 1.54) is 0 Å². The summed E-state index contributed by atoms with van der Waals surface area (Å²) in [4.78, 5) is 21.0. The van der Waals surface area contributed by atoms with E-state index in [4.69, 9.17) is 9.73 Å². The second-order valence-electron chi connectivity index (χ2n) is 7.92. The Hall–Kier alpha value is -1.34. The average molecular weight is 382 g/mol. The predicted octanol–water partition coefficient (Wildman–Crippen LogP) is 1.30. The Kier molecular flexibility index (Phi) is 9.91. The van der Waals surface area contributed by atoms with Gasteiger partial charge in [-0.1, -0.05) is 13.8 Å². The fourth-order valence-electron chi connectivity index (χ4n) is 3.78. The summed E-state index contributed by atoms with van der Waals surface area (Å²) in [6.07, 6.45) is 3.83. The number of nitrogens with zero attached hydrogens (tertiary/aromatic N) is 3. The summed E-state index contributed by atoms with van der Waals surface area (Å²) in [7, 11) is 0. The van der Waals surface area contributed by atoms with E-state index in [1.807, 2.05) is 4.90 Å². The molecule has 2 rings (SSSR count). The summed E-state index contributed by atoms with van der Waals surface area (Å²) in [5, 5.41) is 6.78. The first kappa shape index (κ1) is 22.0. The van der Waals surface area contributed by atoms with E-state index in [1.54, 1.807) is 0 Å². The third kappa shape index (κ3) is 8.05. The molecule has 0 aromatic heterocycles. The van der Waals surface area contributed by atoms with Crippen molar-refractivity contribution in [3.8, 4) is 0 Å². The van der Waals surface area contributed by atoms with Crippen molar-refractivity contribution in [3.63, 3.8) is 0 Å². The minimum absolute atomic E-state index is 0.303. The van der Waals surface area contributed by atoms with Crippen LogP contribution in [-0.4, -0.2) is 86.7 Å². The lowest BCUT2D eigenvalue weighted by atomic mass is 10.0. The van der Waals surface area contributed by atoms with Crippen molar-refractivity contribution in [1.82, 2.24) is 20.4 Å². The summed E-state index contributed by atoms with van der Waals surface area (Å²) in [5.74, 6) is 1.84. The molecule has 2 aliphatic rings. The Bertz CT molecular complexity index is 463. The third-order valence-electron chi connectivity index (χ3n) is 5.18. The highest BCUT2D eigenvalue weighted by Crippen LogP contribution is 2.14. The fourth-order valence-corrected chi connectivity index (χ4v) is 3.78. The molecule has 27 heavy (non-hydrogen) atoms. The van der Waals surface area contributed by atoms with Gasteiger partial charge in [0.1, 0.15) is 0 Å². The van der Waals surface area contributed by atoms with Crippen LogP contribution in [0.2, 0.25) is 0 Å². The summed E-state index contributed by atoms with van der Waals surface area (Å²) in [6, 6.07) is 0.464. The van der Waals surface area contributed by atoms with Crippen molar-refractivity contribution < 1.29 is 9.53 Å². The van der Waals surface area contributed by atoms with Gasteiger partial charge in [-0.05, 0) is 32.1 Å². The Morgan fingerprint density at radius 2 is 2.00 bits per heavy atom. The zero-order chi connectivity index (χ0) is 19.5. The molecule has 1 unspecified atom stereocenters. The average Bonchev–Trinajstić information content (AvgIpc) is 3.07. The van der Waals surface area contributed by atoms with E-state index < -0.39 is 0 Å². The Labute approximate surface area is 164 Å². The van der Waals surface area contributed by atoms with Crippen LogP contribution in [-0.2, 0) is 9.53 Å². The monoisotopic (exact) mass is 381 g/mol. The second-order valence-corrected chi connectivity index (χ2v) is 7.92. The van der Waals surface area contributed by atoms with Crippen molar-refractivity contribution in [2.24, 2.45) is 10.9 Å². The van der Waals surface area contributed by atoms with Crippen molar-refractivity contribution in [3.05, 3.63) is 0 Å². The molecule has 156 valence electrons. The van der Waals surface area contributed by atoms with Gasteiger partial charge in [0.2, 0.25) is 5.91 Å². The summed E-state index contributed by atoms with van der Waals surface area (Å²) in [5.41, 5.74) is 0. The number of morpholine rings is 1. The molecule has 0 bridgehead atoms. The molecule has 2 fully saturated rings. The van der Waals surface area contributed by atoms with Crippen LogP contribution in [0.4, 0.5) is 0 Å². The minimum atomic E-state index is 0.303. The third-order valence-corrected chi connectivity index (χ3v) is 5.18. The van der Waals surface area contributed by atoms with Crippen molar-refractivity contribution in [2.75, 3.05) is 59.0 Å². The number of carbonyl (C=O) groups excluding carboxylic acids is 1. The molecule has 0 aromatic carbocycles. The number of aliphatic imine (C=N–C) groups is 1. The zero-order valence-electron chi connectivity index (χ0n) is 17.5. The maximum absolute atomic E-state index is 11.7. The smallest absolute Gasteiger partial charge is 0.222 e. The first-order valence-electron chi connectivity index (χ1n) is 10.7. The Morgan fingerprint density at radius 3 is 2.63 bits per heavy atom. The maximum atomic E-state index is 11.7. The largest absolute Gasteiger partial charge is 0.379 e. The van der Waals surface area contributed by atoms with Crippen LogP contribution in [0.3, 0.4) is 0 Å². The van der Waals surface area contributed by atoms with E-state index in [0.717, 1.165) is 90.7 Å². The van der Waals surface area contributed by atoms with Crippen molar-refractivity contribution in [2.45, 2.75) is 52.5 Å². The van der Waals surface area contributed by atoms with Crippen LogP contribution in [0, 0.1) is 5.92 Å². The number of carbonyl (C=O) groups is 1. The van der Waals surface area contributed by atoms with Crippen molar-refractivity contribution in [1.29, 1.82) is 0 Å². The van der Waals surface area contributed by atoms with E-state index in [-0.39, 0.29) is 0 Å². The zero-order valence-corrected chi connectivity index (χ0v) is 17.5. The van der Waals surface area contributed by atoms with E-state index >= 15 is 0 Å². The quantitative estimate of drug-likeness (QED) is 0.339. The topological polar surface area (TPSA) is 69.2 Å². The predicted molar refractivity (Wildman–Crippen MR) is 110 cm³/mol. The lowest BCUT2D eigenvalue weighted by molar-refractivity contribution is -0.127. The molecule has 2 saturated heterocycles. The van der Waals surface area contributed by atoms with Gasteiger partial charge in [0.05, 0.1) is 19.8 Å². The van der Waals surface area contributed by atoms with Gasteiger partial charge in [-0.2, -0.15) is 0 Å². The lowest BCUT2D eigenvalue weighted by Gasteiger charge is -2.34. The minimum Gasteiger partial charge on any atom is -0.379 e. The first-order valence-corrected chi connectivity index (χ1v) is 10.7. The van der Waals surface area contributed by atoms with Crippen LogP contribution >= 0.6 is 0 Å². The number of amides is 1. The molecule has 0 radical (unpaired) electrons. The highest BCUT2D eigenvalue weighted by Gasteiger charge is 2.22. The molecule has 0 aliphatic carbocycles. The standard InChI is InChI=1S/C20H39N5O2/c1-4-21-20(22-8-6-10-25-9-5-7-19(25)26)23-16-18(15-17(2)3)24-11-13-27-14-12-24/h17-18H,4-16H2,1-3H3,(H2,21,22,23). The van der Waals surface area contributed by atoms with Gasteiger partial charge in [-0.25, -0.2) is 0 Å². The van der Waals surface area contributed by atoms with Gasteiger partial charge in [0.15, 0.2) is 5.96 Å². The summed E-state index contributed by atoms with van der Waals surface area (Å²) >= 11 is 0. The molecule has 0 aromatic rings. The Morgan fingerprint density at radius 1 is 1.22 bits per heavy atom. The number of nitrogens with one attached hydrogen (secondary N) is 2. The number of ether oxygens (including phenoxy) is 1. The maximum Gasteiger partial charge on any atom is 0.222 e. The molecular formula is C20H39N5O2. The van der Waals surface area contributed by atoms with Gasteiger partial charge < -0.3 is 20.3 Å². The molecule has 1 atom stereocenters.